The van der Waals surface area contributed by atoms with Crippen molar-refractivity contribution in [3.63, 3.8) is 0 Å². The zero-order valence-corrected chi connectivity index (χ0v) is 14.3. The van der Waals surface area contributed by atoms with Crippen LogP contribution < -0.4 is 0 Å². The standard InChI is InChI=1S/C20H26O3/c1-5-16(15-12-14(21)10-11-17(15)22)20(4,6-2)19-13(3)8-7-9-18(19)23/h7-12,16,21-23H,5-6H2,1-4H3. The Balaban J connectivity index is 2.67. The molecule has 0 aliphatic carbocycles. The van der Waals surface area contributed by atoms with Crippen molar-refractivity contribution >= 4 is 0 Å². The summed E-state index contributed by atoms with van der Waals surface area (Å²) in [4.78, 5) is 0. The quantitative estimate of drug-likeness (QED) is 0.683. The Labute approximate surface area is 138 Å². The predicted octanol–water partition coefficient (Wildman–Crippen LogP) is 4.97. The SMILES string of the molecule is CCC(c1cc(O)ccc1O)C(C)(CC)c1c(C)cccc1O. The number of hydrogen-bond donors (Lipinski definition) is 3. The molecule has 0 aromatic heterocycles. The Morgan fingerprint density at radius 1 is 1.00 bits per heavy atom. The van der Waals surface area contributed by atoms with E-state index in [0.29, 0.717) is 0 Å². The fourth-order valence-corrected chi connectivity index (χ4v) is 3.83. The van der Waals surface area contributed by atoms with E-state index in [0.717, 1.165) is 29.5 Å². The summed E-state index contributed by atoms with van der Waals surface area (Å²) in [6.07, 6.45) is 1.59. The zero-order valence-electron chi connectivity index (χ0n) is 14.3. The molecule has 2 atom stereocenters. The van der Waals surface area contributed by atoms with Crippen LogP contribution in [0.5, 0.6) is 17.2 Å². The smallest absolute Gasteiger partial charge is 0.119 e. The summed E-state index contributed by atoms with van der Waals surface area (Å²) in [6.45, 7) is 8.27. The van der Waals surface area contributed by atoms with E-state index in [-0.39, 0.29) is 28.6 Å². The maximum Gasteiger partial charge on any atom is 0.119 e. The van der Waals surface area contributed by atoms with Gasteiger partial charge in [0, 0.05) is 16.5 Å². The van der Waals surface area contributed by atoms with E-state index in [1.54, 1.807) is 12.1 Å². The Morgan fingerprint density at radius 3 is 2.26 bits per heavy atom. The molecule has 3 nitrogen and oxygen atoms in total. The van der Waals surface area contributed by atoms with E-state index in [2.05, 4.69) is 20.8 Å². The van der Waals surface area contributed by atoms with Crippen LogP contribution in [-0.4, -0.2) is 15.3 Å². The molecule has 0 fully saturated rings. The minimum absolute atomic E-state index is 0.0217. The van der Waals surface area contributed by atoms with Gasteiger partial charge in [-0.1, -0.05) is 32.9 Å². The first kappa shape index (κ1) is 17.2. The Bertz CT molecular complexity index is 673. The molecule has 124 valence electrons. The highest BCUT2D eigenvalue weighted by Crippen LogP contribution is 2.50. The number of aromatic hydroxyl groups is 3. The van der Waals surface area contributed by atoms with Crippen LogP contribution in [0.25, 0.3) is 0 Å². The van der Waals surface area contributed by atoms with Crippen molar-refractivity contribution in [3.8, 4) is 17.2 Å². The van der Waals surface area contributed by atoms with Crippen LogP contribution in [0.3, 0.4) is 0 Å². The van der Waals surface area contributed by atoms with Gasteiger partial charge in [-0.2, -0.15) is 0 Å². The number of hydrogen-bond acceptors (Lipinski definition) is 3. The molecular formula is C20H26O3. The molecular weight excluding hydrogens is 288 g/mol. The lowest BCUT2D eigenvalue weighted by molar-refractivity contribution is 0.325. The molecule has 2 aromatic rings. The fraction of sp³-hybridized carbons (Fsp3) is 0.400. The Kier molecular flexibility index (Phi) is 4.88. The number of rotatable bonds is 5. The Morgan fingerprint density at radius 2 is 1.70 bits per heavy atom. The molecule has 3 N–H and O–H groups in total. The highest BCUT2D eigenvalue weighted by Gasteiger charge is 2.38. The third kappa shape index (κ3) is 3.00. The zero-order chi connectivity index (χ0) is 17.2. The molecule has 23 heavy (non-hydrogen) atoms. The van der Waals surface area contributed by atoms with E-state index >= 15 is 0 Å². The predicted molar refractivity (Wildman–Crippen MR) is 93.3 cm³/mol. The van der Waals surface area contributed by atoms with Gasteiger partial charge in [0.25, 0.3) is 0 Å². The van der Waals surface area contributed by atoms with E-state index < -0.39 is 0 Å². The summed E-state index contributed by atoms with van der Waals surface area (Å²) in [5.41, 5.74) is 2.32. The summed E-state index contributed by atoms with van der Waals surface area (Å²) >= 11 is 0. The molecule has 0 bridgehead atoms. The largest absolute Gasteiger partial charge is 0.508 e. The third-order valence-corrected chi connectivity index (χ3v) is 5.12. The third-order valence-electron chi connectivity index (χ3n) is 5.12. The van der Waals surface area contributed by atoms with Crippen molar-refractivity contribution in [2.45, 2.75) is 51.9 Å². The summed E-state index contributed by atoms with van der Waals surface area (Å²) in [7, 11) is 0. The molecule has 3 heteroatoms. The van der Waals surface area contributed by atoms with Gasteiger partial charge in [-0.25, -0.2) is 0 Å². The highest BCUT2D eigenvalue weighted by atomic mass is 16.3. The van der Waals surface area contributed by atoms with Crippen LogP contribution in [0, 0.1) is 6.92 Å². The van der Waals surface area contributed by atoms with E-state index in [9.17, 15) is 15.3 Å². The summed E-state index contributed by atoms with van der Waals surface area (Å²) in [5, 5.41) is 30.6. The van der Waals surface area contributed by atoms with Gasteiger partial charge in [0.15, 0.2) is 0 Å². The average molecular weight is 314 g/mol. The van der Waals surface area contributed by atoms with Gasteiger partial charge in [0.2, 0.25) is 0 Å². The summed E-state index contributed by atoms with van der Waals surface area (Å²) in [5.74, 6) is 0.588. The minimum atomic E-state index is -0.352. The van der Waals surface area contributed by atoms with Crippen LogP contribution in [0.4, 0.5) is 0 Å². The maximum absolute atomic E-state index is 10.5. The second kappa shape index (κ2) is 6.53. The van der Waals surface area contributed by atoms with E-state index in [1.807, 2.05) is 19.1 Å². The van der Waals surface area contributed by atoms with Gasteiger partial charge in [0.05, 0.1) is 0 Å². The lowest BCUT2D eigenvalue weighted by Crippen LogP contribution is -2.30. The molecule has 0 saturated carbocycles. The number of phenols is 3. The van der Waals surface area contributed by atoms with E-state index in [1.165, 1.54) is 12.1 Å². The monoisotopic (exact) mass is 314 g/mol. The van der Waals surface area contributed by atoms with Crippen LogP contribution in [-0.2, 0) is 5.41 Å². The summed E-state index contributed by atoms with van der Waals surface area (Å²) < 4.78 is 0. The molecule has 2 rings (SSSR count). The number of phenolic OH excluding ortho intramolecular Hbond substituents is 3. The molecule has 0 aliphatic rings. The Hall–Kier alpha value is -2.16. The van der Waals surface area contributed by atoms with Crippen LogP contribution in [0.1, 0.15) is 56.2 Å². The molecule has 0 heterocycles. The van der Waals surface area contributed by atoms with Crippen molar-refractivity contribution in [1.82, 2.24) is 0 Å². The first-order valence-corrected chi connectivity index (χ1v) is 8.16. The normalized spacial score (nSPS) is 15.1. The second-order valence-corrected chi connectivity index (χ2v) is 6.44. The second-order valence-electron chi connectivity index (χ2n) is 6.44. The first-order chi connectivity index (χ1) is 10.8. The van der Waals surface area contributed by atoms with Gasteiger partial charge < -0.3 is 15.3 Å². The van der Waals surface area contributed by atoms with Crippen molar-refractivity contribution in [2.75, 3.05) is 0 Å². The van der Waals surface area contributed by atoms with Gasteiger partial charge in [-0.05, 0) is 55.5 Å². The van der Waals surface area contributed by atoms with Gasteiger partial charge in [-0.15, -0.1) is 0 Å². The molecule has 0 aliphatic heterocycles. The molecule has 0 spiro atoms. The number of aryl methyl sites for hydroxylation is 1. The van der Waals surface area contributed by atoms with Crippen LogP contribution in [0.15, 0.2) is 36.4 Å². The van der Waals surface area contributed by atoms with Crippen LogP contribution >= 0.6 is 0 Å². The highest BCUT2D eigenvalue weighted by molar-refractivity contribution is 5.49. The molecule has 2 aromatic carbocycles. The molecule has 2 unspecified atom stereocenters. The number of benzene rings is 2. The molecule has 0 radical (unpaired) electrons. The lowest BCUT2D eigenvalue weighted by atomic mass is 9.65. The minimum Gasteiger partial charge on any atom is -0.508 e. The van der Waals surface area contributed by atoms with Gasteiger partial charge in [-0.3, -0.25) is 0 Å². The maximum atomic E-state index is 10.5. The first-order valence-electron chi connectivity index (χ1n) is 8.16. The lowest BCUT2D eigenvalue weighted by Gasteiger charge is -2.39. The van der Waals surface area contributed by atoms with Crippen molar-refractivity contribution < 1.29 is 15.3 Å². The van der Waals surface area contributed by atoms with Crippen molar-refractivity contribution in [1.29, 1.82) is 0 Å². The summed E-state index contributed by atoms with van der Waals surface area (Å²) in [6, 6.07) is 10.2. The van der Waals surface area contributed by atoms with Gasteiger partial charge in [0.1, 0.15) is 17.2 Å². The van der Waals surface area contributed by atoms with E-state index in [4.69, 9.17) is 0 Å². The van der Waals surface area contributed by atoms with Gasteiger partial charge >= 0.3 is 0 Å². The van der Waals surface area contributed by atoms with Crippen molar-refractivity contribution in [2.24, 2.45) is 0 Å². The van der Waals surface area contributed by atoms with Crippen LogP contribution in [0.2, 0.25) is 0 Å². The fourth-order valence-electron chi connectivity index (χ4n) is 3.83. The average Bonchev–Trinajstić information content (AvgIpc) is 2.51. The van der Waals surface area contributed by atoms with Crippen molar-refractivity contribution in [3.05, 3.63) is 53.1 Å². The molecule has 0 amide bonds. The molecule has 0 saturated heterocycles. The topological polar surface area (TPSA) is 60.7 Å².